The largest absolute Gasteiger partial charge is 0.396 e. The molecule has 30 heavy (non-hydrogen) atoms. The Morgan fingerprint density at radius 2 is 1.67 bits per heavy atom. The second-order valence-corrected chi connectivity index (χ2v) is 9.41. The van der Waals surface area contributed by atoms with Gasteiger partial charge in [0.05, 0.1) is 6.61 Å². The van der Waals surface area contributed by atoms with Crippen LogP contribution in [-0.4, -0.2) is 47.4 Å². The highest BCUT2D eigenvalue weighted by molar-refractivity contribution is 7.99. The number of rotatable bonds is 9. The minimum absolute atomic E-state index is 0.0666. The van der Waals surface area contributed by atoms with Gasteiger partial charge in [0.15, 0.2) is 12.1 Å². The van der Waals surface area contributed by atoms with Gasteiger partial charge >= 0.3 is 0 Å². The van der Waals surface area contributed by atoms with Crippen LogP contribution in [0.2, 0.25) is 0 Å². The van der Waals surface area contributed by atoms with E-state index in [1.54, 1.807) is 11.8 Å². The van der Waals surface area contributed by atoms with Crippen molar-refractivity contribution in [2.24, 2.45) is 0 Å². The number of hydrogen-bond donors (Lipinski definition) is 1. The van der Waals surface area contributed by atoms with Crippen LogP contribution < -0.4 is 0 Å². The molecule has 2 fully saturated rings. The van der Waals surface area contributed by atoms with Gasteiger partial charge in [0.1, 0.15) is 18.3 Å². The van der Waals surface area contributed by atoms with Crippen LogP contribution >= 0.6 is 11.8 Å². The summed E-state index contributed by atoms with van der Waals surface area (Å²) in [7, 11) is 0. The molecule has 0 aliphatic carbocycles. The maximum atomic E-state index is 9.70. The Bertz CT molecular complexity index is 785. The molecule has 2 aliphatic rings. The minimum Gasteiger partial charge on any atom is -0.396 e. The monoisotopic (exact) mass is 430 g/mol. The van der Waals surface area contributed by atoms with E-state index < -0.39 is 12.1 Å². The van der Waals surface area contributed by atoms with E-state index in [1.807, 2.05) is 62.4 Å². The molecule has 2 saturated heterocycles. The first kappa shape index (κ1) is 21.8. The van der Waals surface area contributed by atoms with Crippen LogP contribution in [0, 0.1) is 0 Å². The van der Waals surface area contributed by atoms with Crippen LogP contribution in [0.4, 0.5) is 0 Å². The third kappa shape index (κ3) is 5.25. The van der Waals surface area contributed by atoms with Crippen molar-refractivity contribution in [3.05, 3.63) is 71.8 Å². The third-order valence-electron chi connectivity index (χ3n) is 5.40. The number of thioether (sulfide) groups is 1. The van der Waals surface area contributed by atoms with Crippen molar-refractivity contribution in [2.45, 2.75) is 68.3 Å². The molecule has 5 nitrogen and oxygen atoms in total. The standard InChI is InChI=1S/C24H30O5S/c1-24(2)28-22-21(26-15-17-9-5-3-6-10-17)20(27-23(22)29-24)19(13-14-25)30-16-18-11-7-4-8-12-18/h3-12,19-23,25H,13-16H2,1-2H3/t19-,20-,21+,22-,23-/m1/s1. The molecule has 162 valence electrons. The first-order chi connectivity index (χ1) is 14.6. The van der Waals surface area contributed by atoms with Crippen LogP contribution in [0.1, 0.15) is 31.4 Å². The van der Waals surface area contributed by atoms with Gasteiger partial charge < -0.3 is 24.1 Å². The number of aliphatic hydroxyl groups is 1. The average molecular weight is 431 g/mol. The quantitative estimate of drug-likeness (QED) is 0.646. The van der Waals surface area contributed by atoms with E-state index in [2.05, 4.69) is 12.1 Å². The van der Waals surface area contributed by atoms with E-state index in [4.69, 9.17) is 18.9 Å². The second-order valence-electron chi connectivity index (χ2n) is 8.18. The maximum absolute atomic E-state index is 9.70. The maximum Gasteiger partial charge on any atom is 0.190 e. The Balaban J connectivity index is 1.48. The molecule has 2 aromatic rings. The molecule has 0 unspecified atom stereocenters. The van der Waals surface area contributed by atoms with Crippen molar-refractivity contribution in [1.29, 1.82) is 0 Å². The van der Waals surface area contributed by atoms with E-state index in [9.17, 15) is 5.11 Å². The van der Waals surface area contributed by atoms with Gasteiger partial charge in [-0.15, -0.1) is 0 Å². The van der Waals surface area contributed by atoms with Crippen LogP contribution in [0.15, 0.2) is 60.7 Å². The Morgan fingerprint density at radius 3 is 2.33 bits per heavy atom. The molecule has 0 radical (unpaired) electrons. The summed E-state index contributed by atoms with van der Waals surface area (Å²) in [5.41, 5.74) is 2.35. The molecule has 0 bridgehead atoms. The molecule has 2 aromatic carbocycles. The van der Waals surface area contributed by atoms with Crippen molar-refractivity contribution in [2.75, 3.05) is 6.61 Å². The summed E-state index contributed by atoms with van der Waals surface area (Å²) in [4.78, 5) is 0. The molecule has 2 heterocycles. The summed E-state index contributed by atoms with van der Waals surface area (Å²) in [6, 6.07) is 20.4. The zero-order valence-corrected chi connectivity index (χ0v) is 18.3. The summed E-state index contributed by atoms with van der Waals surface area (Å²) < 4.78 is 24.8. The van der Waals surface area contributed by atoms with Gasteiger partial charge in [0.2, 0.25) is 0 Å². The van der Waals surface area contributed by atoms with Gasteiger partial charge in [-0.3, -0.25) is 0 Å². The van der Waals surface area contributed by atoms with Crippen molar-refractivity contribution < 1.29 is 24.1 Å². The zero-order valence-electron chi connectivity index (χ0n) is 17.5. The van der Waals surface area contributed by atoms with Crippen molar-refractivity contribution >= 4 is 11.8 Å². The summed E-state index contributed by atoms with van der Waals surface area (Å²) >= 11 is 1.78. The molecule has 0 saturated carbocycles. The van der Waals surface area contributed by atoms with E-state index in [1.165, 1.54) is 5.56 Å². The van der Waals surface area contributed by atoms with Crippen LogP contribution in [0.25, 0.3) is 0 Å². The summed E-state index contributed by atoms with van der Waals surface area (Å²) in [6.07, 6.45) is -0.607. The molecule has 0 spiro atoms. The highest BCUT2D eigenvalue weighted by atomic mass is 32.2. The lowest BCUT2D eigenvalue weighted by Gasteiger charge is -2.30. The minimum atomic E-state index is -0.696. The molecule has 1 N–H and O–H groups in total. The van der Waals surface area contributed by atoms with Crippen LogP contribution in [0.5, 0.6) is 0 Å². The molecule has 0 amide bonds. The normalized spacial score (nSPS) is 28.4. The number of fused-ring (bicyclic) bond motifs is 1. The second kappa shape index (κ2) is 9.81. The average Bonchev–Trinajstić information content (AvgIpc) is 3.22. The van der Waals surface area contributed by atoms with Crippen molar-refractivity contribution in [3.63, 3.8) is 0 Å². The van der Waals surface area contributed by atoms with Crippen molar-refractivity contribution in [1.82, 2.24) is 0 Å². The Labute approximate surface area is 182 Å². The summed E-state index contributed by atoms with van der Waals surface area (Å²) in [5.74, 6) is 0.150. The predicted octanol–water partition coefficient (Wildman–Crippen LogP) is 4.13. The van der Waals surface area contributed by atoms with Gasteiger partial charge in [-0.2, -0.15) is 11.8 Å². The molecule has 5 atom stereocenters. The SMILES string of the molecule is CC1(C)O[C@H]2O[C@H]([C@@H](CCO)SCc3ccccc3)[C@H](OCc3ccccc3)[C@H]2O1. The first-order valence-electron chi connectivity index (χ1n) is 10.5. The number of hydrogen-bond acceptors (Lipinski definition) is 6. The predicted molar refractivity (Wildman–Crippen MR) is 117 cm³/mol. The van der Waals surface area contributed by atoms with E-state index in [0.29, 0.717) is 13.0 Å². The molecule has 6 heteroatoms. The van der Waals surface area contributed by atoms with Gasteiger partial charge in [-0.1, -0.05) is 60.7 Å². The summed E-state index contributed by atoms with van der Waals surface area (Å²) in [5, 5.41) is 9.77. The lowest BCUT2D eigenvalue weighted by atomic mass is 10.1. The van der Waals surface area contributed by atoms with E-state index in [-0.39, 0.29) is 30.2 Å². The fraction of sp³-hybridized carbons (Fsp3) is 0.500. The zero-order chi connectivity index (χ0) is 21.0. The number of benzene rings is 2. The number of ether oxygens (including phenoxy) is 4. The third-order valence-corrected chi connectivity index (χ3v) is 6.83. The lowest BCUT2D eigenvalue weighted by molar-refractivity contribution is -0.219. The smallest absolute Gasteiger partial charge is 0.190 e. The van der Waals surface area contributed by atoms with Gasteiger partial charge in [0.25, 0.3) is 0 Å². The molecular weight excluding hydrogens is 400 g/mol. The molecule has 2 aliphatic heterocycles. The first-order valence-corrected chi connectivity index (χ1v) is 11.5. The highest BCUT2D eigenvalue weighted by Crippen LogP contribution is 2.42. The topological polar surface area (TPSA) is 57.2 Å². The summed E-state index contributed by atoms with van der Waals surface area (Å²) in [6.45, 7) is 4.37. The fourth-order valence-corrected chi connectivity index (χ4v) is 5.29. The Hall–Kier alpha value is -1.41. The number of aliphatic hydroxyl groups excluding tert-OH is 1. The van der Waals surface area contributed by atoms with E-state index >= 15 is 0 Å². The van der Waals surface area contributed by atoms with Gasteiger partial charge in [-0.25, -0.2) is 0 Å². The van der Waals surface area contributed by atoms with Crippen LogP contribution in [0.3, 0.4) is 0 Å². The Morgan fingerprint density at radius 1 is 1.00 bits per heavy atom. The van der Waals surface area contributed by atoms with E-state index in [0.717, 1.165) is 11.3 Å². The van der Waals surface area contributed by atoms with Gasteiger partial charge in [-0.05, 0) is 31.4 Å². The van der Waals surface area contributed by atoms with Gasteiger partial charge in [0, 0.05) is 17.6 Å². The molecule has 0 aromatic heterocycles. The Kier molecular flexibility index (Phi) is 7.13. The molecule has 4 rings (SSSR count). The van der Waals surface area contributed by atoms with Crippen LogP contribution in [-0.2, 0) is 31.3 Å². The highest BCUT2D eigenvalue weighted by Gasteiger charge is 2.57. The molecular formula is C24H30O5S. The van der Waals surface area contributed by atoms with Crippen molar-refractivity contribution in [3.8, 4) is 0 Å². The lowest BCUT2D eigenvalue weighted by Crippen LogP contribution is -2.42. The fourth-order valence-electron chi connectivity index (χ4n) is 4.01.